The molecule has 0 unspecified atom stereocenters. The lowest BCUT2D eigenvalue weighted by Gasteiger charge is -2.28. The van der Waals surface area contributed by atoms with Gasteiger partial charge in [0.25, 0.3) is 0 Å². The van der Waals surface area contributed by atoms with Crippen molar-refractivity contribution in [3.05, 3.63) is 0 Å². The zero-order chi connectivity index (χ0) is 12.8. The Labute approximate surface area is 134 Å². The number of rotatable bonds is 5. The Kier molecular flexibility index (Phi) is 8.06. The van der Waals surface area contributed by atoms with E-state index in [4.69, 9.17) is 0 Å². The van der Waals surface area contributed by atoms with Crippen molar-refractivity contribution in [1.29, 1.82) is 0 Å². The van der Waals surface area contributed by atoms with Crippen LogP contribution in [0.2, 0.25) is 0 Å². The predicted molar refractivity (Wildman–Crippen MR) is 92.4 cm³/mol. The Morgan fingerprint density at radius 1 is 1.21 bits per heavy atom. The van der Waals surface area contributed by atoms with Crippen LogP contribution in [-0.2, 0) is 0 Å². The van der Waals surface area contributed by atoms with Gasteiger partial charge in [0.1, 0.15) is 0 Å². The van der Waals surface area contributed by atoms with E-state index >= 15 is 0 Å². The highest BCUT2D eigenvalue weighted by atomic mass is 127. The second-order valence-electron chi connectivity index (χ2n) is 5.71. The molecule has 1 saturated heterocycles. The average molecular weight is 380 g/mol. The molecule has 5 heteroatoms. The van der Waals surface area contributed by atoms with Gasteiger partial charge in [0.15, 0.2) is 5.96 Å². The van der Waals surface area contributed by atoms with Crippen molar-refractivity contribution >= 4 is 29.9 Å². The van der Waals surface area contributed by atoms with Gasteiger partial charge in [-0.3, -0.25) is 4.99 Å². The molecule has 1 saturated carbocycles. The molecule has 2 aliphatic rings. The molecule has 0 aromatic rings. The van der Waals surface area contributed by atoms with Gasteiger partial charge in [-0.1, -0.05) is 0 Å². The molecule has 0 bridgehead atoms. The fourth-order valence-corrected chi connectivity index (χ4v) is 2.45. The molecule has 2 N–H and O–H groups in total. The van der Waals surface area contributed by atoms with E-state index in [9.17, 15) is 0 Å². The lowest BCUT2D eigenvalue weighted by atomic mass is 9.94. The van der Waals surface area contributed by atoms with Crippen molar-refractivity contribution in [3.8, 4) is 0 Å². The molecule has 0 aromatic carbocycles. The van der Waals surface area contributed by atoms with Gasteiger partial charge in [-0.05, 0) is 65.1 Å². The summed E-state index contributed by atoms with van der Waals surface area (Å²) < 4.78 is 0. The zero-order valence-electron chi connectivity index (χ0n) is 12.3. The second-order valence-corrected chi connectivity index (χ2v) is 5.71. The monoisotopic (exact) mass is 380 g/mol. The van der Waals surface area contributed by atoms with Crippen molar-refractivity contribution in [2.45, 2.75) is 45.1 Å². The average Bonchev–Trinajstić information content (AvgIpc) is 3.16. The molecular formula is C14H29IN4. The first-order valence-corrected chi connectivity index (χ1v) is 7.51. The molecule has 0 aromatic heterocycles. The standard InChI is InChI=1S/C14H28N4.HI/c1-3-15-14(17-13-4-5-13)16-9-6-12-7-10-18(2)11-8-12;/h12-13H,3-11H2,1-2H3,(H2,15,16,17);1H. The minimum absolute atomic E-state index is 0. The second kappa shape index (κ2) is 9.00. The van der Waals surface area contributed by atoms with Gasteiger partial charge in [0, 0.05) is 19.1 Å². The molecule has 4 nitrogen and oxygen atoms in total. The SMILES string of the molecule is CCNC(=NCCC1CCN(C)CC1)NC1CC1.I. The summed E-state index contributed by atoms with van der Waals surface area (Å²) in [5, 5.41) is 6.80. The molecule has 0 radical (unpaired) electrons. The molecule has 112 valence electrons. The van der Waals surface area contributed by atoms with Crippen molar-refractivity contribution in [1.82, 2.24) is 15.5 Å². The molecule has 1 aliphatic carbocycles. The first-order chi connectivity index (χ1) is 8.78. The van der Waals surface area contributed by atoms with Crippen LogP contribution >= 0.6 is 24.0 Å². The summed E-state index contributed by atoms with van der Waals surface area (Å²) in [7, 11) is 2.22. The van der Waals surface area contributed by atoms with E-state index < -0.39 is 0 Å². The van der Waals surface area contributed by atoms with E-state index in [2.05, 4.69) is 34.5 Å². The van der Waals surface area contributed by atoms with Gasteiger partial charge >= 0.3 is 0 Å². The third kappa shape index (κ3) is 6.79. The minimum atomic E-state index is 0. The molecule has 19 heavy (non-hydrogen) atoms. The summed E-state index contributed by atoms with van der Waals surface area (Å²) >= 11 is 0. The van der Waals surface area contributed by atoms with Crippen LogP contribution in [0.4, 0.5) is 0 Å². The number of likely N-dealkylation sites (tertiary alicyclic amines) is 1. The molecule has 0 atom stereocenters. The summed E-state index contributed by atoms with van der Waals surface area (Å²) in [4.78, 5) is 7.12. The first-order valence-electron chi connectivity index (χ1n) is 7.51. The Balaban J connectivity index is 0.00000180. The highest BCUT2D eigenvalue weighted by molar-refractivity contribution is 14.0. The molecule has 1 heterocycles. The van der Waals surface area contributed by atoms with Crippen LogP contribution in [0.25, 0.3) is 0 Å². The van der Waals surface area contributed by atoms with Crippen LogP contribution in [0.1, 0.15) is 39.0 Å². The van der Waals surface area contributed by atoms with Crippen molar-refractivity contribution in [3.63, 3.8) is 0 Å². The van der Waals surface area contributed by atoms with Gasteiger partial charge in [0.05, 0.1) is 0 Å². The Hall–Kier alpha value is -0.0400. The maximum atomic E-state index is 4.69. The van der Waals surface area contributed by atoms with Gasteiger partial charge < -0.3 is 15.5 Å². The van der Waals surface area contributed by atoms with E-state index in [0.717, 1.165) is 25.0 Å². The summed E-state index contributed by atoms with van der Waals surface area (Å²) in [6.07, 6.45) is 6.55. The molecule has 1 aliphatic heterocycles. The molecule has 2 rings (SSSR count). The van der Waals surface area contributed by atoms with E-state index in [0.29, 0.717) is 6.04 Å². The smallest absolute Gasteiger partial charge is 0.191 e. The number of hydrogen-bond acceptors (Lipinski definition) is 2. The Morgan fingerprint density at radius 3 is 2.47 bits per heavy atom. The van der Waals surface area contributed by atoms with Crippen LogP contribution < -0.4 is 10.6 Å². The Morgan fingerprint density at radius 2 is 1.89 bits per heavy atom. The number of guanidine groups is 1. The van der Waals surface area contributed by atoms with E-state index in [1.165, 1.54) is 45.2 Å². The highest BCUT2D eigenvalue weighted by Gasteiger charge is 2.22. The van der Waals surface area contributed by atoms with Crippen molar-refractivity contribution in [2.24, 2.45) is 10.9 Å². The van der Waals surface area contributed by atoms with Crippen molar-refractivity contribution in [2.75, 3.05) is 33.2 Å². The summed E-state index contributed by atoms with van der Waals surface area (Å²) in [6.45, 7) is 6.56. The van der Waals surface area contributed by atoms with Gasteiger partial charge in [-0.2, -0.15) is 0 Å². The van der Waals surface area contributed by atoms with E-state index in [-0.39, 0.29) is 24.0 Å². The zero-order valence-corrected chi connectivity index (χ0v) is 14.7. The van der Waals surface area contributed by atoms with Crippen LogP contribution in [0, 0.1) is 5.92 Å². The van der Waals surface area contributed by atoms with Gasteiger partial charge in [0.2, 0.25) is 0 Å². The topological polar surface area (TPSA) is 39.7 Å². The first kappa shape index (κ1) is 17.0. The van der Waals surface area contributed by atoms with Gasteiger partial charge in [-0.15, -0.1) is 24.0 Å². The van der Waals surface area contributed by atoms with Crippen LogP contribution in [-0.4, -0.2) is 50.1 Å². The number of halogens is 1. The number of nitrogens with one attached hydrogen (secondary N) is 2. The largest absolute Gasteiger partial charge is 0.357 e. The van der Waals surface area contributed by atoms with E-state index in [1.807, 2.05) is 0 Å². The van der Waals surface area contributed by atoms with E-state index in [1.54, 1.807) is 0 Å². The highest BCUT2D eigenvalue weighted by Crippen LogP contribution is 2.20. The summed E-state index contributed by atoms with van der Waals surface area (Å²) in [5.41, 5.74) is 0. The maximum Gasteiger partial charge on any atom is 0.191 e. The molecule has 0 spiro atoms. The normalized spacial score (nSPS) is 21.9. The maximum absolute atomic E-state index is 4.69. The summed E-state index contributed by atoms with van der Waals surface area (Å²) in [6, 6.07) is 0.686. The lowest BCUT2D eigenvalue weighted by molar-refractivity contribution is 0.214. The number of piperidine rings is 1. The molecule has 0 amide bonds. The third-order valence-electron chi connectivity index (χ3n) is 3.91. The predicted octanol–water partition coefficient (Wildman–Crippen LogP) is 2.05. The fraction of sp³-hybridized carbons (Fsp3) is 0.929. The number of hydrogen-bond donors (Lipinski definition) is 2. The number of nitrogens with zero attached hydrogens (tertiary/aromatic N) is 2. The van der Waals surface area contributed by atoms with Crippen LogP contribution in [0.3, 0.4) is 0 Å². The van der Waals surface area contributed by atoms with Crippen LogP contribution in [0.5, 0.6) is 0 Å². The fourth-order valence-electron chi connectivity index (χ4n) is 2.45. The number of aliphatic imine (C=N–C) groups is 1. The quantitative estimate of drug-likeness (QED) is 0.436. The minimum Gasteiger partial charge on any atom is -0.357 e. The third-order valence-corrected chi connectivity index (χ3v) is 3.91. The lowest BCUT2D eigenvalue weighted by Crippen LogP contribution is -2.38. The Bertz CT molecular complexity index is 271. The summed E-state index contributed by atoms with van der Waals surface area (Å²) in [5.74, 6) is 1.90. The molecular weight excluding hydrogens is 351 g/mol. The van der Waals surface area contributed by atoms with Crippen molar-refractivity contribution < 1.29 is 0 Å². The molecule has 2 fully saturated rings. The van der Waals surface area contributed by atoms with Crippen LogP contribution in [0.15, 0.2) is 4.99 Å². The van der Waals surface area contributed by atoms with Gasteiger partial charge in [-0.25, -0.2) is 0 Å².